The lowest BCUT2D eigenvalue weighted by Gasteiger charge is -2.38. The number of anilines is 1. The highest BCUT2D eigenvalue weighted by Crippen LogP contribution is 2.29. The Morgan fingerprint density at radius 1 is 1.31 bits per heavy atom. The van der Waals surface area contributed by atoms with Gasteiger partial charge in [-0.2, -0.15) is 13.4 Å². The molecule has 1 amide bonds. The molecule has 2 rings (SSSR count). The molecule has 0 saturated carbocycles. The second-order valence-corrected chi connectivity index (χ2v) is 8.46. The molecular weight excluding hydrogens is 400 g/mol. The van der Waals surface area contributed by atoms with Crippen LogP contribution in [0.1, 0.15) is 20.8 Å². The van der Waals surface area contributed by atoms with Gasteiger partial charge in [0.2, 0.25) is 11.9 Å². The van der Waals surface area contributed by atoms with E-state index < -0.39 is 15.8 Å². The number of carbonyl (C=O) groups is 1. The minimum Gasteiger partial charge on any atom is -0.484 e. The Kier molecular flexibility index (Phi) is 7.97. The van der Waals surface area contributed by atoms with Crippen LogP contribution in [0.2, 0.25) is 0 Å². The molecule has 29 heavy (non-hydrogen) atoms. The Bertz CT molecular complexity index is 895. The highest BCUT2D eigenvalue weighted by Gasteiger charge is 2.33. The van der Waals surface area contributed by atoms with Gasteiger partial charge in [-0.15, -0.1) is 0 Å². The summed E-state index contributed by atoms with van der Waals surface area (Å²) in [6, 6.07) is 7.23. The quantitative estimate of drug-likeness (QED) is 0.561. The van der Waals surface area contributed by atoms with Crippen molar-refractivity contribution < 1.29 is 22.5 Å². The highest BCUT2D eigenvalue weighted by atomic mass is 32.2. The van der Waals surface area contributed by atoms with Crippen LogP contribution in [0, 0.1) is 0 Å². The first-order chi connectivity index (χ1) is 13.3. The van der Waals surface area contributed by atoms with E-state index in [-0.39, 0.29) is 30.2 Å². The fraction of sp³-hybridized carbons (Fsp3) is 0.471. The average Bonchev–Trinajstić information content (AvgIpc) is 2.58. The number of nitrogens with zero attached hydrogens (tertiary/aromatic N) is 4. The van der Waals surface area contributed by atoms with Crippen LogP contribution in [0.25, 0.3) is 0 Å². The molecule has 0 unspecified atom stereocenters. The first-order valence-electron chi connectivity index (χ1n) is 8.64. The minimum atomic E-state index is -3.66. The van der Waals surface area contributed by atoms with Gasteiger partial charge in [0, 0.05) is 25.8 Å². The molecular formula is C17H28N6O5S. The number of carbonyl (C=O) groups excluding carboxylic acids is 1. The van der Waals surface area contributed by atoms with Gasteiger partial charge in [-0.05, 0) is 32.9 Å². The van der Waals surface area contributed by atoms with Crippen molar-refractivity contribution in [2.45, 2.75) is 26.4 Å². The zero-order valence-corrected chi connectivity index (χ0v) is 18.0. The Hall–Kier alpha value is -2.86. The SMILES string of the molecule is CCS(=O)(=O)O.CN(C)C(=O)COc1cccc(N2C(N)=NC(N)=NC2(C)C)c1. The average molecular weight is 429 g/mol. The summed E-state index contributed by atoms with van der Waals surface area (Å²) in [4.78, 5) is 23.2. The molecule has 1 aromatic carbocycles. The second kappa shape index (κ2) is 9.56. The largest absolute Gasteiger partial charge is 0.484 e. The first kappa shape index (κ1) is 24.2. The number of amides is 1. The zero-order valence-electron chi connectivity index (χ0n) is 17.2. The monoisotopic (exact) mass is 428 g/mol. The van der Waals surface area contributed by atoms with E-state index >= 15 is 0 Å². The molecule has 1 heterocycles. The van der Waals surface area contributed by atoms with Crippen LogP contribution in [0.3, 0.4) is 0 Å². The maximum atomic E-state index is 11.6. The smallest absolute Gasteiger partial charge is 0.264 e. The van der Waals surface area contributed by atoms with Crippen LogP contribution in [0.15, 0.2) is 34.3 Å². The number of ether oxygens (including phenoxy) is 1. The lowest BCUT2D eigenvalue weighted by molar-refractivity contribution is -0.130. The van der Waals surface area contributed by atoms with Gasteiger partial charge >= 0.3 is 0 Å². The summed E-state index contributed by atoms with van der Waals surface area (Å²) in [5, 5.41) is 0. The summed E-state index contributed by atoms with van der Waals surface area (Å²) in [5.74, 6) is 0.639. The summed E-state index contributed by atoms with van der Waals surface area (Å²) < 4.78 is 32.4. The third-order valence-corrected chi connectivity index (χ3v) is 4.42. The molecule has 0 atom stereocenters. The molecule has 5 N–H and O–H groups in total. The second-order valence-electron chi connectivity index (χ2n) is 6.71. The Balaban J connectivity index is 0.000000612. The molecule has 0 spiro atoms. The predicted molar refractivity (Wildman–Crippen MR) is 113 cm³/mol. The molecule has 0 aliphatic carbocycles. The van der Waals surface area contributed by atoms with Gasteiger partial charge in [0.05, 0.1) is 5.75 Å². The number of hydrogen-bond acceptors (Lipinski definition) is 9. The van der Waals surface area contributed by atoms with E-state index in [2.05, 4.69) is 9.98 Å². The number of aliphatic imine (C=N–C) groups is 2. The zero-order chi connectivity index (χ0) is 22.4. The normalized spacial score (nSPS) is 15.4. The van der Waals surface area contributed by atoms with E-state index in [0.717, 1.165) is 5.69 Å². The fourth-order valence-electron chi connectivity index (χ4n) is 2.24. The van der Waals surface area contributed by atoms with Crippen LogP contribution in [0.5, 0.6) is 5.75 Å². The Labute approximate surface area is 170 Å². The molecule has 11 nitrogen and oxygen atoms in total. The molecule has 1 aliphatic heterocycles. The van der Waals surface area contributed by atoms with E-state index in [4.69, 9.17) is 20.8 Å². The van der Waals surface area contributed by atoms with Gasteiger partial charge in [0.15, 0.2) is 6.61 Å². The van der Waals surface area contributed by atoms with Crippen LogP contribution in [-0.4, -0.2) is 67.8 Å². The van der Waals surface area contributed by atoms with E-state index in [9.17, 15) is 13.2 Å². The molecule has 0 saturated heterocycles. The third-order valence-electron chi connectivity index (χ3n) is 3.70. The van der Waals surface area contributed by atoms with Gasteiger partial charge in [-0.1, -0.05) is 6.07 Å². The topological polar surface area (TPSA) is 164 Å². The van der Waals surface area contributed by atoms with Gasteiger partial charge in [0.25, 0.3) is 16.0 Å². The summed E-state index contributed by atoms with van der Waals surface area (Å²) in [5.41, 5.74) is 11.8. The fourth-order valence-corrected chi connectivity index (χ4v) is 2.24. The number of rotatable bonds is 5. The molecule has 0 bridgehead atoms. The first-order valence-corrected chi connectivity index (χ1v) is 10.3. The Morgan fingerprint density at radius 2 is 1.90 bits per heavy atom. The van der Waals surface area contributed by atoms with Crippen molar-refractivity contribution in [3.05, 3.63) is 24.3 Å². The third kappa shape index (κ3) is 7.58. The van der Waals surface area contributed by atoms with Crippen LogP contribution in [0.4, 0.5) is 5.69 Å². The predicted octanol–water partition coefficient (Wildman–Crippen LogP) is 0.233. The molecule has 162 valence electrons. The van der Waals surface area contributed by atoms with Gasteiger partial charge in [0.1, 0.15) is 11.4 Å². The number of likely N-dealkylation sites (N-methyl/N-ethyl adjacent to an activating group) is 1. The lowest BCUT2D eigenvalue weighted by atomic mass is 10.1. The van der Waals surface area contributed by atoms with Crippen LogP contribution >= 0.6 is 0 Å². The highest BCUT2D eigenvalue weighted by molar-refractivity contribution is 7.85. The van der Waals surface area contributed by atoms with Crippen molar-refractivity contribution in [3.63, 3.8) is 0 Å². The maximum absolute atomic E-state index is 11.6. The van der Waals surface area contributed by atoms with Gasteiger partial charge < -0.3 is 21.1 Å². The van der Waals surface area contributed by atoms with Crippen molar-refractivity contribution in [2.75, 3.05) is 31.4 Å². The van der Waals surface area contributed by atoms with E-state index in [1.165, 1.54) is 11.8 Å². The lowest BCUT2D eigenvalue weighted by Crippen LogP contribution is -2.54. The number of nitrogens with two attached hydrogens (primary N) is 2. The molecule has 0 radical (unpaired) electrons. The van der Waals surface area contributed by atoms with Crippen molar-refractivity contribution in [1.82, 2.24) is 4.90 Å². The van der Waals surface area contributed by atoms with Crippen molar-refractivity contribution in [2.24, 2.45) is 21.5 Å². The summed E-state index contributed by atoms with van der Waals surface area (Å²) in [7, 11) is -0.305. The minimum absolute atomic E-state index is 0.0332. The van der Waals surface area contributed by atoms with Crippen molar-refractivity contribution in [1.29, 1.82) is 0 Å². The Morgan fingerprint density at radius 3 is 2.38 bits per heavy atom. The van der Waals surface area contributed by atoms with Crippen molar-refractivity contribution in [3.8, 4) is 5.75 Å². The molecule has 1 aromatic rings. The van der Waals surface area contributed by atoms with E-state index in [0.29, 0.717) is 5.75 Å². The molecule has 0 aromatic heterocycles. The standard InChI is InChI=1S/C15H22N6O2.C2H6O3S/c1-15(2)19-13(16)18-14(17)21(15)10-6-5-7-11(8-10)23-9-12(22)20(3)4;1-2-6(3,4)5/h5-8H,9H2,1-4H3,(H4,16,17,18,19);2H2,1H3,(H,3,4,5). The number of benzene rings is 1. The van der Waals surface area contributed by atoms with Gasteiger partial charge in [-0.25, -0.2) is 4.99 Å². The summed E-state index contributed by atoms with van der Waals surface area (Å²) >= 11 is 0. The maximum Gasteiger partial charge on any atom is 0.264 e. The van der Waals surface area contributed by atoms with E-state index in [1.807, 2.05) is 26.0 Å². The van der Waals surface area contributed by atoms with E-state index in [1.54, 1.807) is 31.1 Å². The van der Waals surface area contributed by atoms with Gasteiger partial charge in [-0.3, -0.25) is 14.2 Å². The molecule has 0 fully saturated rings. The van der Waals surface area contributed by atoms with Crippen molar-refractivity contribution >= 4 is 33.6 Å². The summed E-state index contributed by atoms with van der Waals surface area (Å²) in [6.07, 6.45) is 0. The molecule has 1 aliphatic rings. The van der Waals surface area contributed by atoms with Crippen LogP contribution in [-0.2, 0) is 14.9 Å². The summed E-state index contributed by atoms with van der Waals surface area (Å²) in [6.45, 7) is 5.10. The number of guanidine groups is 2. The molecule has 12 heteroatoms. The number of hydrogen-bond donors (Lipinski definition) is 3. The van der Waals surface area contributed by atoms with Crippen LogP contribution < -0.4 is 21.1 Å².